The molecule has 0 saturated heterocycles. The molecule has 0 unspecified atom stereocenters. The van der Waals surface area contributed by atoms with E-state index in [4.69, 9.17) is 0 Å². The van der Waals surface area contributed by atoms with Crippen LogP contribution in [0.2, 0.25) is 24.2 Å². The lowest BCUT2D eigenvalue weighted by Gasteiger charge is -2.41. The molecule has 0 aromatic heterocycles. The van der Waals surface area contributed by atoms with E-state index in [1.165, 1.54) is 18.9 Å². The second-order valence-electron chi connectivity index (χ2n) is 7.01. The minimum absolute atomic E-state index is 0.000616. The van der Waals surface area contributed by atoms with Crippen LogP contribution in [-0.2, 0) is 0 Å². The van der Waals surface area contributed by atoms with Gasteiger partial charge in [0.2, 0.25) is 0 Å². The summed E-state index contributed by atoms with van der Waals surface area (Å²) >= 11 is 0. The first-order valence-electron chi connectivity index (χ1n) is 6.40. The third kappa shape index (κ3) is 3.60. The molecule has 0 bridgehead atoms. The van der Waals surface area contributed by atoms with Crippen molar-refractivity contribution in [3.63, 3.8) is 0 Å². The molecule has 0 aromatic carbocycles. The maximum atomic E-state index is 9.50. The van der Waals surface area contributed by atoms with Gasteiger partial charge < -0.3 is 5.11 Å². The Bertz CT molecular complexity index is 197. The van der Waals surface area contributed by atoms with Crippen molar-refractivity contribution in [1.29, 1.82) is 0 Å². The zero-order valence-corrected chi connectivity index (χ0v) is 12.1. The van der Waals surface area contributed by atoms with Gasteiger partial charge >= 0.3 is 0 Å². The van der Waals surface area contributed by atoms with Crippen LogP contribution in [0.5, 0.6) is 0 Å². The first kappa shape index (κ1) is 13.2. The summed E-state index contributed by atoms with van der Waals surface area (Å²) in [5.74, 6) is 0.897. The van der Waals surface area contributed by atoms with Crippen LogP contribution in [-0.4, -0.2) is 19.3 Å². The van der Waals surface area contributed by atoms with Crippen LogP contribution in [0, 0.1) is 5.92 Å². The molecule has 1 aliphatic carbocycles. The van der Waals surface area contributed by atoms with E-state index in [0.717, 1.165) is 18.8 Å². The summed E-state index contributed by atoms with van der Waals surface area (Å²) in [5.41, 5.74) is 0. The van der Waals surface area contributed by atoms with Crippen LogP contribution in [0.25, 0.3) is 0 Å². The fourth-order valence-electron chi connectivity index (χ4n) is 2.38. The highest BCUT2D eigenvalue weighted by molar-refractivity contribution is 6.80. The Morgan fingerprint density at radius 2 is 1.53 bits per heavy atom. The summed E-state index contributed by atoms with van der Waals surface area (Å²) in [6, 6.07) is 1.45. The molecular formula is C13H28OSi. The first-order chi connectivity index (χ1) is 6.72. The lowest BCUT2D eigenvalue weighted by molar-refractivity contribution is 0.112. The Hall–Kier alpha value is 0.177. The van der Waals surface area contributed by atoms with Crippen molar-refractivity contribution in [1.82, 2.24) is 0 Å². The van der Waals surface area contributed by atoms with E-state index in [2.05, 4.69) is 33.9 Å². The van der Waals surface area contributed by atoms with Crippen molar-refractivity contribution in [2.45, 2.75) is 76.7 Å². The molecule has 90 valence electrons. The Balaban J connectivity index is 2.48. The summed E-state index contributed by atoms with van der Waals surface area (Å²) in [4.78, 5) is 0. The van der Waals surface area contributed by atoms with Crippen molar-refractivity contribution in [3.8, 4) is 0 Å². The van der Waals surface area contributed by atoms with Crippen molar-refractivity contribution < 1.29 is 5.11 Å². The van der Waals surface area contributed by atoms with E-state index >= 15 is 0 Å². The fourth-order valence-corrected chi connectivity index (χ4v) is 4.84. The Labute approximate surface area is 96.3 Å². The number of aliphatic hydroxyl groups excluding tert-OH is 1. The number of hydrogen-bond acceptors (Lipinski definition) is 1. The van der Waals surface area contributed by atoms with E-state index in [0.29, 0.717) is 5.04 Å². The largest absolute Gasteiger partial charge is 0.393 e. The molecule has 0 radical (unpaired) electrons. The molecule has 1 N–H and O–H groups in total. The van der Waals surface area contributed by atoms with Gasteiger partial charge in [0.25, 0.3) is 0 Å². The predicted molar refractivity (Wildman–Crippen MR) is 70.0 cm³/mol. The van der Waals surface area contributed by atoms with E-state index in [1.807, 2.05) is 0 Å². The molecule has 1 fully saturated rings. The Morgan fingerprint density at radius 1 is 1.07 bits per heavy atom. The zero-order valence-electron chi connectivity index (χ0n) is 11.1. The SMILES string of the molecule is CC(C)(C)[Si](C)(C)CC1CCC(O)CC1. The fraction of sp³-hybridized carbons (Fsp3) is 1.00. The van der Waals surface area contributed by atoms with Crippen LogP contribution in [0.15, 0.2) is 0 Å². The van der Waals surface area contributed by atoms with E-state index in [-0.39, 0.29) is 6.10 Å². The molecule has 1 aliphatic rings. The van der Waals surface area contributed by atoms with Crippen molar-refractivity contribution in [3.05, 3.63) is 0 Å². The van der Waals surface area contributed by atoms with E-state index < -0.39 is 8.07 Å². The van der Waals surface area contributed by atoms with Gasteiger partial charge in [0, 0.05) is 0 Å². The molecule has 0 heterocycles. The van der Waals surface area contributed by atoms with Crippen molar-refractivity contribution in [2.24, 2.45) is 5.92 Å². The third-order valence-electron chi connectivity index (χ3n) is 4.65. The van der Waals surface area contributed by atoms with Crippen LogP contribution < -0.4 is 0 Å². The minimum Gasteiger partial charge on any atom is -0.393 e. The average molecular weight is 228 g/mol. The highest BCUT2D eigenvalue weighted by Gasteiger charge is 2.37. The van der Waals surface area contributed by atoms with Gasteiger partial charge in [-0.25, -0.2) is 0 Å². The standard InChI is InChI=1S/C13H28OSi/c1-13(2,3)15(4,5)10-11-6-8-12(14)9-7-11/h11-12,14H,6-10H2,1-5H3. The molecule has 0 aromatic rings. The normalized spacial score (nSPS) is 29.2. The highest BCUT2D eigenvalue weighted by Crippen LogP contribution is 2.43. The first-order valence-corrected chi connectivity index (χ1v) is 9.61. The quantitative estimate of drug-likeness (QED) is 0.707. The van der Waals surface area contributed by atoms with Crippen LogP contribution in [0.1, 0.15) is 46.5 Å². The van der Waals surface area contributed by atoms with Gasteiger partial charge in [-0.2, -0.15) is 0 Å². The molecule has 0 amide bonds. The topological polar surface area (TPSA) is 20.2 Å². The van der Waals surface area contributed by atoms with Gasteiger partial charge in [-0.3, -0.25) is 0 Å². The van der Waals surface area contributed by atoms with Crippen LogP contribution in [0.3, 0.4) is 0 Å². The molecule has 2 heteroatoms. The highest BCUT2D eigenvalue weighted by atomic mass is 28.3. The zero-order chi connectivity index (χ0) is 11.7. The molecule has 0 spiro atoms. The van der Waals surface area contributed by atoms with Crippen LogP contribution in [0.4, 0.5) is 0 Å². The predicted octanol–water partition coefficient (Wildman–Crippen LogP) is 4.05. The van der Waals surface area contributed by atoms with Crippen molar-refractivity contribution >= 4 is 8.07 Å². The van der Waals surface area contributed by atoms with Gasteiger partial charge in [-0.15, -0.1) is 0 Å². The molecular weight excluding hydrogens is 200 g/mol. The lowest BCUT2D eigenvalue weighted by Crippen LogP contribution is -2.39. The van der Waals surface area contributed by atoms with Gasteiger partial charge in [0.1, 0.15) is 0 Å². The van der Waals surface area contributed by atoms with Crippen molar-refractivity contribution in [2.75, 3.05) is 0 Å². The second-order valence-corrected chi connectivity index (χ2v) is 12.7. The summed E-state index contributed by atoms with van der Waals surface area (Å²) in [5, 5.41) is 10.0. The van der Waals surface area contributed by atoms with Gasteiger partial charge in [-0.05, 0) is 36.6 Å². The Morgan fingerprint density at radius 3 is 1.93 bits per heavy atom. The second kappa shape index (κ2) is 4.58. The summed E-state index contributed by atoms with van der Waals surface area (Å²) in [6.45, 7) is 12.3. The van der Waals surface area contributed by atoms with Gasteiger partial charge in [0.05, 0.1) is 14.2 Å². The molecule has 0 atom stereocenters. The van der Waals surface area contributed by atoms with Crippen LogP contribution >= 0.6 is 0 Å². The minimum atomic E-state index is -1.10. The maximum Gasteiger partial charge on any atom is 0.0540 e. The monoisotopic (exact) mass is 228 g/mol. The van der Waals surface area contributed by atoms with Gasteiger partial charge in [0.15, 0.2) is 0 Å². The third-order valence-corrected chi connectivity index (χ3v) is 10.3. The summed E-state index contributed by atoms with van der Waals surface area (Å²) < 4.78 is 0. The lowest BCUT2D eigenvalue weighted by atomic mass is 9.89. The summed E-state index contributed by atoms with van der Waals surface area (Å²) in [6.07, 6.45) is 4.60. The maximum absolute atomic E-state index is 9.50. The van der Waals surface area contributed by atoms with E-state index in [9.17, 15) is 5.11 Å². The molecule has 1 saturated carbocycles. The number of hydrogen-bond donors (Lipinski definition) is 1. The van der Waals surface area contributed by atoms with Gasteiger partial charge in [-0.1, -0.05) is 39.9 Å². The smallest absolute Gasteiger partial charge is 0.0540 e. The summed E-state index contributed by atoms with van der Waals surface area (Å²) in [7, 11) is -1.10. The van der Waals surface area contributed by atoms with E-state index in [1.54, 1.807) is 0 Å². The molecule has 15 heavy (non-hydrogen) atoms. The number of rotatable bonds is 2. The molecule has 1 nitrogen and oxygen atoms in total. The number of aliphatic hydroxyl groups is 1. The molecule has 0 aliphatic heterocycles. The molecule has 1 rings (SSSR count). The Kier molecular flexibility index (Phi) is 4.05. The average Bonchev–Trinajstić information content (AvgIpc) is 2.06.